The van der Waals surface area contributed by atoms with Crippen molar-refractivity contribution in [1.82, 2.24) is 0 Å². The number of nitrogens with one attached hydrogen (secondary N) is 1. The largest absolute Gasteiger partial charge is 0.325 e. The fourth-order valence-corrected chi connectivity index (χ4v) is 2.10. The molecule has 0 bridgehead atoms. The molecule has 0 aromatic heterocycles. The number of nitrogens with zero attached hydrogens (tertiary/aromatic N) is 1. The Labute approximate surface area is 130 Å². The van der Waals surface area contributed by atoms with Gasteiger partial charge in [-0.25, -0.2) is 0 Å². The van der Waals surface area contributed by atoms with Gasteiger partial charge in [-0.05, 0) is 30.2 Å². The van der Waals surface area contributed by atoms with E-state index in [0.717, 1.165) is 15.6 Å². The normalized spacial score (nSPS) is 10.2. The molecule has 21 heavy (non-hydrogen) atoms. The van der Waals surface area contributed by atoms with Crippen molar-refractivity contribution in [3.63, 3.8) is 0 Å². The van der Waals surface area contributed by atoms with Crippen LogP contribution in [0.1, 0.15) is 11.1 Å². The van der Waals surface area contributed by atoms with Gasteiger partial charge in [0, 0.05) is 16.6 Å². The third-order valence-corrected chi connectivity index (χ3v) is 3.51. The van der Waals surface area contributed by atoms with Crippen molar-refractivity contribution in [2.75, 3.05) is 5.32 Å². The quantitative estimate of drug-likeness (QED) is 0.673. The Bertz CT molecular complexity index is 684. The van der Waals surface area contributed by atoms with E-state index in [9.17, 15) is 14.9 Å². The Hall–Kier alpha value is -2.21. The van der Waals surface area contributed by atoms with Crippen molar-refractivity contribution in [3.05, 3.63) is 68.2 Å². The van der Waals surface area contributed by atoms with E-state index in [-0.39, 0.29) is 18.0 Å². The van der Waals surface area contributed by atoms with Crippen LogP contribution < -0.4 is 5.32 Å². The monoisotopic (exact) mass is 348 g/mol. The Balaban J connectivity index is 2.10. The van der Waals surface area contributed by atoms with Crippen molar-refractivity contribution in [2.45, 2.75) is 13.3 Å². The molecule has 6 heteroatoms. The van der Waals surface area contributed by atoms with E-state index >= 15 is 0 Å². The van der Waals surface area contributed by atoms with Crippen molar-refractivity contribution < 1.29 is 9.72 Å². The van der Waals surface area contributed by atoms with Gasteiger partial charge in [0.25, 0.3) is 5.69 Å². The number of benzene rings is 2. The van der Waals surface area contributed by atoms with Gasteiger partial charge in [-0.1, -0.05) is 34.1 Å². The van der Waals surface area contributed by atoms with Crippen LogP contribution in [0.4, 0.5) is 11.4 Å². The molecule has 108 valence electrons. The Morgan fingerprint density at radius 3 is 2.52 bits per heavy atom. The van der Waals surface area contributed by atoms with Crippen LogP contribution in [0.3, 0.4) is 0 Å². The van der Waals surface area contributed by atoms with Gasteiger partial charge in [0.2, 0.25) is 5.91 Å². The number of nitro groups is 1. The van der Waals surface area contributed by atoms with Gasteiger partial charge < -0.3 is 5.32 Å². The summed E-state index contributed by atoms with van der Waals surface area (Å²) in [5, 5.41) is 13.5. The lowest BCUT2D eigenvalue weighted by atomic mass is 10.1. The van der Waals surface area contributed by atoms with Gasteiger partial charge in [-0.15, -0.1) is 0 Å². The smallest absolute Gasteiger partial charge is 0.271 e. The van der Waals surface area contributed by atoms with Crippen molar-refractivity contribution in [2.24, 2.45) is 0 Å². The third-order valence-electron chi connectivity index (χ3n) is 2.98. The Morgan fingerprint density at radius 1 is 1.24 bits per heavy atom. The number of amides is 1. The first-order chi connectivity index (χ1) is 9.95. The molecule has 5 nitrogen and oxygen atoms in total. The zero-order chi connectivity index (χ0) is 15.4. The average molecular weight is 349 g/mol. The molecule has 0 saturated heterocycles. The number of nitro benzene ring substituents is 1. The molecule has 0 saturated carbocycles. The van der Waals surface area contributed by atoms with E-state index in [1.54, 1.807) is 13.0 Å². The minimum Gasteiger partial charge on any atom is -0.325 e. The number of hydrogen-bond acceptors (Lipinski definition) is 3. The van der Waals surface area contributed by atoms with Crippen molar-refractivity contribution in [3.8, 4) is 0 Å². The highest BCUT2D eigenvalue weighted by molar-refractivity contribution is 9.10. The SMILES string of the molecule is Cc1ccc([N+](=O)[O-])cc1NC(=O)Cc1ccc(Br)cc1. The first kappa shape index (κ1) is 15.2. The molecule has 0 aliphatic carbocycles. The van der Waals surface area contributed by atoms with E-state index in [1.165, 1.54) is 12.1 Å². The van der Waals surface area contributed by atoms with Gasteiger partial charge in [0.1, 0.15) is 0 Å². The molecule has 1 N–H and O–H groups in total. The molecule has 0 aliphatic heterocycles. The maximum Gasteiger partial charge on any atom is 0.271 e. The number of anilines is 1. The maximum absolute atomic E-state index is 12.0. The topological polar surface area (TPSA) is 72.2 Å². The summed E-state index contributed by atoms with van der Waals surface area (Å²) < 4.78 is 0.946. The van der Waals surface area contributed by atoms with Gasteiger partial charge in [0.15, 0.2) is 0 Å². The second-order valence-electron chi connectivity index (χ2n) is 4.61. The molecule has 0 spiro atoms. The minimum absolute atomic E-state index is 0.0421. The number of carbonyl (C=O) groups is 1. The number of aryl methyl sites for hydroxylation is 1. The second-order valence-corrected chi connectivity index (χ2v) is 5.52. The number of non-ortho nitro benzene ring substituents is 1. The van der Waals surface area contributed by atoms with Crippen molar-refractivity contribution in [1.29, 1.82) is 0 Å². The van der Waals surface area contributed by atoms with Crippen LogP contribution in [-0.4, -0.2) is 10.8 Å². The zero-order valence-electron chi connectivity index (χ0n) is 11.3. The number of rotatable bonds is 4. The minimum atomic E-state index is -0.482. The van der Waals surface area contributed by atoms with E-state index < -0.39 is 4.92 Å². The molecular weight excluding hydrogens is 336 g/mol. The van der Waals surface area contributed by atoms with Gasteiger partial charge in [-0.3, -0.25) is 14.9 Å². The lowest BCUT2D eigenvalue weighted by Crippen LogP contribution is -2.15. The van der Waals surface area contributed by atoms with E-state index in [4.69, 9.17) is 0 Å². The third kappa shape index (κ3) is 4.13. The summed E-state index contributed by atoms with van der Waals surface area (Å²) in [7, 11) is 0. The average Bonchev–Trinajstić information content (AvgIpc) is 2.43. The van der Waals surface area contributed by atoms with Gasteiger partial charge in [0.05, 0.1) is 17.0 Å². The highest BCUT2D eigenvalue weighted by atomic mass is 79.9. The molecule has 2 rings (SSSR count). The fraction of sp³-hybridized carbons (Fsp3) is 0.133. The molecule has 0 unspecified atom stereocenters. The van der Waals surface area contributed by atoms with Crippen LogP contribution in [0.5, 0.6) is 0 Å². The van der Waals surface area contributed by atoms with E-state index in [1.807, 2.05) is 24.3 Å². The van der Waals surface area contributed by atoms with Crippen molar-refractivity contribution >= 4 is 33.2 Å². The van der Waals surface area contributed by atoms with Crippen LogP contribution in [0.15, 0.2) is 46.9 Å². The molecule has 0 fully saturated rings. The molecule has 0 heterocycles. The van der Waals surface area contributed by atoms with Crippen LogP contribution in [0, 0.1) is 17.0 Å². The predicted octanol–water partition coefficient (Wildman–Crippen LogP) is 3.85. The number of halogens is 1. The fourth-order valence-electron chi connectivity index (χ4n) is 1.84. The van der Waals surface area contributed by atoms with E-state index in [0.29, 0.717) is 5.69 Å². The summed E-state index contributed by atoms with van der Waals surface area (Å²) in [4.78, 5) is 22.3. The van der Waals surface area contributed by atoms with Gasteiger partial charge in [-0.2, -0.15) is 0 Å². The number of hydrogen-bond donors (Lipinski definition) is 1. The second kappa shape index (κ2) is 6.49. The molecule has 0 atom stereocenters. The first-order valence-electron chi connectivity index (χ1n) is 6.25. The molecule has 2 aromatic rings. The van der Waals surface area contributed by atoms with Crippen LogP contribution >= 0.6 is 15.9 Å². The number of carbonyl (C=O) groups excluding carboxylic acids is 1. The maximum atomic E-state index is 12.0. The van der Waals surface area contributed by atoms with Gasteiger partial charge >= 0.3 is 0 Å². The first-order valence-corrected chi connectivity index (χ1v) is 7.04. The lowest BCUT2D eigenvalue weighted by molar-refractivity contribution is -0.384. The summed E-state index contributed by atoms with van der Waals surface area (Å²) in [6, 6.07) is 11.8. The lowest BCUT2D eigenvalue weighted by Gasteiger charge is -2.08. The Morgan fingerprint density at radius 2 is 1.90 bits per heavy atom. The summed E-state index contributed by atoms with van der Waals surface area (Å²) >= 11 is 3.33. The predicted molar refractivity (Wildman–Crippen MR) is 84.3 cm³/mol. The molecule has 0 aliphatic rings. The zero-order valence-corrected chi connectivity index (χ0v) is 12.9. The summed E-state index contributed by atoms with van der Waals surface area (Å²) in [6.07, 6.45) is 0.218. The van der Waals surface area contributed by atoms with Crippen LogP contribution in [0.25, 0.3) is 0 Å². The standard InChI is InChI=1S/C15H13BrN2O3/c1-10-2-7-13(18(20)21)9-14(10)17-15(19)8-11-3-5-12(16)6-4-11/h2-7,9H,8H2,1H3,(H,17,19). The molecule has 1 amide bonds. The summed E-state index contributed by atoms with van der Waals surface area (Å²) in [5.41, 5.74) is 2.08. The molecule has 0 radical (unpaired) electrons. The van der Waals surface area contributed by atoms with Crippen LogP contribution in [-0.2, 0) is 11.2 Å². The highest BCUT2D eigenvalue weighted by Crippen LogP contribution is 2.22. The highest BCUT2D eigenvalue weighted by Gasteiger charge is 2.11. The molecule has 2 aromatic carbocycles. The van der Waals surface area contributed by atoms with E-state index in [2.05, 4.69) is 21.2 Å². The Kier molecular flexibility index (Phi) is 4.70. The molecular formula is C15H13BrN2O3. The summed E-state index contributed by atoms with van der Waals surface area (Å²) in [5.74, 6) is -0.207. The van der Waals surface area contributed by atoms with Crippen LogP contribution in [0.2, 0.25) is 0 Å². The summed E-state index contributed by atoms with van der Waals surface area (Å²) in [6.45, 7) is 1.79.